The van der Waals surface area contributed by atoms with Crippen molar-refractivity contribution >= 4 is 35.0 Å². The Morgan fingerprint density at radius 2 is 1.87 bits per heavy atom. The van der Waals surface area contributed by atoms with E-state index in [2.05, 4.69) is 5.32 Å². The molecule has 0 radical (unpaired) electrons. The van der Waals surface area contributed by atoms with Gasteiger partial charge in [-0.25, -0.2) is 9.78 Å². The van der Waals surface area contributed by atoms with Crippen molar-refractivity contribution < 1.29 is 28.7 Å². The fraction of sp³-hybridized carbons (Fsp3) is 0.412. The number of amides is 4. The number of nitrogens with one attached hydrogen (secondary N) is 1. The molecular formula is C34H37N5O6. The Labute approximate surface area is 261 Å². The van der Waals surface area contributed by atoms with Gasteiger partial charge in [-0.15, -0.1) is 0 Å². The maximum Gasteiger partial charge on any atom is 0.321 e. The largest absolute Gasteiger partial charge is 0.496 e. The minimum atomic E-state index is -0.988. The molecule has 2 heterocycles. The van der Waals surface area contributed by atoms with E-state index >= 15 is 0 Å². The molecule has 11 nitrogen and oxygen atoms in total. The number of hydrogen-bond acceptors (Lipinski definition) is 8. The van der Waals surface area contributed by atoms with Crippen molar-refractivity contribution in [2.75, 3.05) is 13.7 Å². The second kappa shape index (κ2) is 12.3. The number of rotatable bonds is 5. The van der Waals surface area contributed by atoms with Crippen molar-refractivity contribution in [3.05, 3.63) is 60.2 Å². The van der Waals surface area contributed by atoms with Crippen molar-refractivity contribution in [3.63, 3.8) is 0 Å². The lowest BCUT2D eigenvalue weighted by molar-refractivity contribution is -0.139. The van der Waals surface area contributed by atoms with Gasteiger partial charge < -0.3 is 25.3 Å². The second-order valence-corrected chi connectivity index (χ2v) is 12.1. The number of allylic oxidation sites excluding steroid dienone is 1. The van der Waals surface area contributed by atoms with Crippen molar-refractivity contribution in [2.24, 2.45) is 23.5 Å². The summed E-state index contributed by atoms with van der Waals surface area (Å²) in [7, 11) is 1.60. The van der Waals surface area contributed by atoms with Crippen LogP contribution in [0.2, 0.25) is 0 Å². The molecule has 0 bridgehead atoms. The third-order valence-electron chi connectivity index (χ3n) is 9.27. The minimum Gasteiger partial charge on any atom is -0.496 e. The van der Waals surface area contributed by atoms with E-state index in [9.17, 15) is 19.2 Å². The molecular weight excluding hydrogens is 574 g/mol. The third kappa shape index (κ3) is 5.86. The molecule has 0 spiro atoms. The average molecular weight is 612 g/mol. The molecule has 6 rings (SSSR count). The quantitative estimate of drug-likeness (QED) is 0.323. The molecule has 2 aliphatic carbocycles. The first-order valence-electron chi connectivity index (χ1n) is 15.4. The van der Waals surface area contributed by atoms with E-state index in [1.807, 2.05) is 61.5 Å². The number of imide groups is 1. The van der Waals surface area contributed by atoms with E-state index in [-0.39, 0.29) is 25.3 Å². The number of benzene rings is 2. The van der Waals surface area contributed by atoms with Crippen LogP contribution in [0.15, 0.2) is 54.6 Å². The molecule has 234 valence electrons. The molecule has 5 unspecified atom stereocenters. The number of ether oxygens (including phenoxy) is 2. The molecule has 1 aromatic heterocycles. The number of urea groups is 1. The zero-order valence-electron chi connectivity index (χ0n) is 25.4. The number of aryl methyl sites for hydroxylation is 1. The summed E-state index contributed by atoms with van der Waals surface area (Å²) in [6.45, 7) is 2.08. The lowest BCUT2D eigenvalue weighted by atomic mass is 9.93. The fourth-order valence-corrected chi connectivity index (χ4v) is 6.62. The summed E-state index contributed by atoms with van der Waals surface area (Å²) in [5, 5.41) is 3.59. The maximum atomic E-state index is 13.9. The Balaban J connectivity index is 1.36. The SMILES string of the molecule is COc1ccc2c(OC3CC4C(=O)NC5(C=O)CC5/C=C/CCCCN(C(N)=O)C(=O)C4C3)nc(-c3ccccc3)nc2c1C. The van der Waals surface area contributed by atoms with E-state index in [1.54, 1.807) is 7.11 Å². The van der Waals surface area contributed by atoms with Gasteiger partial charge in [0.25, 0.3) is 0 Å². The van der Waals surface area contributed by atoms with Crippen LogP contribution in [0.25, 0.3) is 22.3 Å². The lowest BCUT2D eigenvalue weighted by Crippen LogP contribution is -2.49. The van der Waals surface area contributed by atoms with Crippen LogP contribution in [0.5, 0.6) is 11.6 Å². The second-order valence-electron chi connectivity index (χ2n) is 12.1. The Morgan fingerprint density at radius 1 is 1.09 bits per heavy atom. The minimum absolute atomic E-state index is 0.0874. The Kier molecular flexibility index (Phi) is 8.26. The summed E-state index contributed by atoms with van der Waals surface area (Å²) in [5.41, 5.74) is 6.94. The predicted molar refractivity (Wildman–Crippen MR) is 166 cm³/mol. The molecule has 1 aliphatic heterocycles. The highest BCUT2D eigenvalue weighted by Gasteiger charge is 2.56. The summed E-state index contributed by atoms with van der Waals surface area (Å²) in [6, 6.07) is 12.3. The highest BCUT2D eigenvalue weighted by Crippen LogP contribution is 2.45. The number of aromatic nitrogens is 2. The van der Waals surface area contributed by atoms with Crippen LogP contribution in [-0.2, 0) is 14.4 Å². The average Bonchev–Trinajstić information content (AvgIpc) is 3.55. The van der Waals surface area contributed by atoms with Gasteiger partial charge in [0.1, 0.15) is 23.7 Å². The number of carbonyl (C=O) groups excluding carboxylic acids is 4. The number of fused-ring (bicyclic) bond motifs is 3. The molecule has 5 atom stereocenters. The van der Waals surface area contributed by atoms with Crippen molar-refractivity contribution in [1.82, 2.24) is 20.2 Å². The van der Waals surface area contributed by atoms with Gasteiger partial charge in [0.15, 0.2) is 5.82 Å². The molecule has 2 fully saturated rings. The van der Waals surface area contributed by atoms with Gasteiger partial charge in [-0.1, -0.05) is 42.5 Å². The van der Waals surface area contributed by atoms with Crippen LogP contribution in [0.1, 0.15) is 44.1 Å². The lowest BCUT2D eigenvalue weighted by Gasteiger charge is -2.26. The molecule has 2 saturated carbocycles. The summed E-state index contributed by atoms with van der Waals surface area (Å²) in [6.07, 6.45) is 7.06. The zero-order valence-corrected chi connectivity index (χ0v) is 25.4. The molecule has 3 aliphatic rings. The number of hydrogen-bond donors (Lipinski definition) is 2. The van der Waals surface area contributed by atoms with Crippen LogP contribution in [0, 0.1) is 24.7 Å². The normalized spacial score (nSPS) is 27.5. The maximum absolute atomic E-state index is 13.9. The van der Waals surface area contributed by atoms with Crippen LogP contribution >= 0.6 is 0 Å². The van der Waals surface area contributed by atoms with Gasteiger partial charge in [-0.05, 0) is 57.6 Å². The van der Waals surface area contributed by atoms with Gasteiger partial charge in [0, 0.05) is 23.6 Å². The van der Waals surface area contributed by atoms with E-state index in [0.29, 0.717) is 41.2 Å². The van der Waals surface area contributed by atoms with Crippen molar-refractivity contribution in [1.29, 1.82) is 0 Å². The summed E-state index contributed by atoms with van der Waals surface area (Å²) in [5.74, 6) is -1.27. The molecule has 2 aromatic carbocycles. The van der Waals surface area contributed by atoms with Gasteiger partial charge in [0.2, 0.25) is 17.7 Å². The predicted octanol–water partition coefficient (Wildman–Crippen LogP) is 4.11. The Bertz CT molecular complexity index is 1680. The number of nitrogens with two attached hydrogens (primary N) is 1. The number of aldehydes is 1. The fourth-order valence-electron chi connectivity index (χ4n) is 6.62. The monoisotopic (exact) mass is 611 g/mol. The van der Waals surface area contributed by atoms with Crippen LogP contribution in [0.4, 0.5) is 4.79 Å². The number of carbonyl (C=O) groups is 4. The zero-order chi connectivity index (χ0) is 31.7. The Morgan fingerprint density at radius 3 is 2.60 bits per heavy atom. The third-order valence-corrected chi connectivity index (χ3v) is 9.27. The summed E-state index contributed by atoms with van der Waals surface area (Å²) in [4.78, 5) is 62.8. The van der Waals surface area contributed by atoms with E-state index in [0.717, 1.165) is 35.2 Å². The van der Waals surface area contributed by atoms with E-state index in [1.165, 1.54) is 0 Å². The number of primary amides is 1. The van der Waals surface area contributed by atoms with Gasteiger partial charge in [-0.2, -0.15) is 4.98 Å². The Hall–Kier alpha value is -4.80. The molecule has 11 heteroatoms. The molecule has 0 saturated heterocycles. The first kappa shape index (κ1) is 30.2. The van der Waals surface area contributed by atoms with Crippen LogP contribution < -0.4 is 20.5 Å². The number of methoxy groups -OCH3 is 1. The van der Waals surface area contributed by atoms with Gasteiger partial charge in [-0.3, -0.25) is 14.5 Å². The number of nitrogens with zero attached hydrogens (tertiary/aromatic N) is 3. The van der Waals surface area contributed by atoms with Crippen molar-refractivity contribution in [2.45, 2.75) is 57.1 Å². The highest BCUT2D eigenvalue weighted by atomic mass is 16.5. The van der Waals surface area contributed by atoms with E-state index < -0.39 is 41.3 Å². The standard InChI is InChI=1S/C34H37N5O6/c1-20-27(44-2)14-13-24-28(20)36-29(21-10-6-5-7-11-21)37-31(24)45-23-16-25-26(17-23)32(42)39(33(35)43)15-9-4-3-8-12-22-18-34(22,19-40)38-30(25)41/h5-8,10-14,19,22-23,25-26H,3-4,9,15-18H2,1-2H3,(H2,35,43)(H,38,41)/b12-8+. The molecule has 3 N–H and O–H groups in total. The molecule has 4 amide bonds. The molecule has 3 aromatic rings. The van der Waals surface area contributed by atoms with Gasteiger partial charge in [0.05, 0.1) is 29.8 Å². The smallest absolute Gasteiger partial charge is 0.321 e. The topological polar surface area (TPSA) is 154 Å². The van der Waals surface area contributed by atoms with Crippen LogP contribution in [-0.4, -0.2) is 64.3 Å². The van der Waals surface area contributed by atoms with E-state index in [4.69, 9.17) is 25.2 Å². The summed E-state index contributed by atoms with van der Waals surface area (Å²) < 4.78 is 12.1. The summed E-state index contributed by atoms with van der Waals surface area (Å²) >= 11 is 0. The van der Waals surface area contributed by atoms with Gasteiger partial charge >= 0.3 is 6.03 Å². The van der Waals surface area contributed by atoms with Crippen molar-refractivity contribution in [3.8, 4) is 23.0 Å². The first-order chi connectivity index (χ1) is 21.7. The first-order valence-corrected chi connectivity index (χ1v) is 15.4. The molecule has 45 heavy (non-hydrogen) atoms. The highest BCUT2D eigenvalue weighted by molar-refractivity contribution is 5.98. The van der Waals surface area contributed by atoms with Crippen LogP contribution in [0.3, 0.4) is 0 Å².